The Bertz CT molecular complexity index is 2860. The summed E-state index contributed by atoms with van der Waals surface area (Å²) in [4.78, 5) is 37.2. The molecule has 0 bridgehead atoms. The van der Waals surface area contributed by atoms with Crippen LogP contribution in [0.1, 0.15) is 36.3 Å². The van der Waals surface area contributed by atoms with Crippen LogP contribution in [0.25, 0.3) is 21.8 Å². The molecule has 0 radical (unpaired) electrons. The van der Waals surface area contributed by atoms with E-state index in [1.54, 1.807) is 90.0 Å². The molecule has 298 valence electrons. The fourth-order valence-electron chi connectivity index (χ4n) is 6.00. The summed E-state index contributed by atoms with van der Waals surface area (Å²) in [7, 11) is -7.87. The summed E-state index contributed by atoms with van der Waals surface area (Å²) in [6.07, 6.45) is 3.30. The Morgan fingerprint density at radius 3 is 1.43 bits per heavy atom. The number of sulfonamides is 2. The number of anilines is 2. The van der Waals surface area contributed by atoms with Crippen LogP contribution < -0.4 is 20.5 Å². The Morgan fingerprint density at radius 2 is 1.00 bits per heavy atom. The highest BCUT2D eigenvalue weighted by Gasteiger charge is 2.21. The molecule has 2 aromatic heterocycles. The maximum Gasteiger partial charge on any atom is 0.264 e. The maximum absolute atomic E-state index is 13.9. The van der Waals surface area contributed by atoms with Crippen LogP contribution in [0, 0.1) is 11.6 Å². The smallest absolute Gasteiger partial charge is 0.264 e. The first-order valence-corrected chi connectivity index (χ1v) is 20.5. The third-order valence-corrected chi connectivity index (χ3v) is 11.4. The lowest BCUT2D eigenvalue weighted by molar-refractivity contribution is -0.119. The molecule has 17 heteroatoms. The fraction of sp³-hybridized carbons (Fsp3) is 0.0976. The monoisotopic (exact) mass is 826 g/mol. The van der Waals surface area contributed by atoms with E-state index in [0.29, 0.717) is 33.2 Å². The van der Waals surface area contributed by atoms with Gasteiger partial charge in [0.2, 0.25) is 21.8 Å². The van der Waals surface area contributed by atoms with E-state index in [0.717, 1.165) is 0 Å². The van der Waals surface area contributed by atoms with Crippen molar-refractivity contribution in [3.63, 3.8) is 0 Å². The predicted octanol–water partition coefficient (Wildman–Crippen LogP) is 6.73. The van der Waals surface area contributed by atoms with Gasteiger partial charge >= 0.3 is 0 Å². The highest BCUT2D eigenvalue weighted by Crippen LogP contribution is 2.25. The zero-order valence-corrected chi connectivity index (χ0v) is 32.5. The Kier molecular flexibility index (Phi) is 11.9. The molecule has 2 heterocycles. The molecule has 0 aliphatic heterocycles. The number of benzene rings is 5. The SMILES string of the molecule is C[C@H](C(=O)Nc1ccc(S(=O)(=O)NC(=O)c2ccccc2)cc1)n1ccc2c(F)cccc21.C[C@H](C(=O)Nc1ccc(S(N)(=O)=O)cc1)n1ccc2c(F)cccc21. The number of aromatic nitrogens is 2. The average Bonchev–Trinajstić information content (AvgIpc) is 3.84. The van der Waals surface area contributed by atoms with Gasteiger partial charge in [0.05, 0.1) is 20.8 Å². The van der Waals surface area contributed by atoms with Crippen LogP contribution >= 0.6 is 0 Å². The highest BCUT2D eigenvalue weighted by atomic mass is 32.2. The number of nitrogens with one attached hydrogen (secondary N) is 3. The van der Waals surface area contributed by atoms with Gasteiger partial charge in [0.15, 0.2) is 0 Å². The number of hydrogen-bond donors (Lipinski definition) is 4. The van der Waals surface area contributed by atoms with Crippen molar-refractivity contribution in [3.8, 4) is 0 Å². The molecule has 7 aromatic rings. The Labute approximate surface area is 332 Å². The van der Waals surface area contributed by atoms with Crippen molar-refractivity contribution in [2.24, 2.45) is 5.14 Å². The molecular formula is C41H36F2N6O7S2. The van der Waals surface area contributed by atoms with E-state index in [-0.39, 0.29) is 38.8 Å². The first-order valence-electron chi connectivity index (χ1n) is 17.5. The third-order valence-electron chi connectivity index (χ3n) is 9.16. The topological polar surface area (TPSA) is 191 Å². The Hall–Kier alpha value is -6.69. The van der Waals surface area contributed by atoms with Gasteiger partial charge in [0.1, 0.15) is 23.7 Å². The molecule has 13 nitrogen and oxygen atoms in total. The summed E-state index contributed by atoms with van der Waals surface area (Å²) in [5, 5.41) is 11.3. The number of fused-ring (bicyclic) bond motifs is 2. The zero-order chi connectivity index (χ0) is 41.8. The predicted molar refractivity (Wildman–Crippen MR) is 216 cm³/mol. The number of hydrogen-bond acceptors (Lipinski definition) is 7. The van der Waals surface area contributed by atoms with E-state index in [1.807, 2.05) is 4.72 Å². The van der Waals surface area contributed by atoms with Gasteiger partial charge in [-0.25, -0.2) is 35.5 Å². The molecule has 0 spiro atoms. The van der Waals surface area contributed by atoms with Crippen LogP contribution in [0.15, 0.2) is 150 Å². The lowest BCUT2D eigenvalue weighted by Crippen LogP contribution is -2.30. The van der Waals surface area contributed by atoms with Gasteiger partial charge < -0.3 is 19.8 Å². The molecule has 5 N–H and O–H groups in total. The molecule has 0 fully saturated rings. The number of rotatable bonds is 10. The largest absolute Gasteiger partial charge is 0.335 e. The molecule has 0 unspecified atom stereocenters. The summed E-state index contributed by atoms with van der Waals surface area (Å²) < 4.78 is 80.6. The number of nitrogens with two attached hydrogens (primary N) is 1. The van der Waals surface area contributed by atoms with Gasteiger partial charge in [-0.15, -0.1) is 0 Å². The minimum absolute atomic E-state index is 0.0366. The van der Waals surface area contributed by atoms with Crippen molar-refractivity contribution in [3.05, 3.63) is 157 Å². The van der Waals surface area contributed by atoms with Gasteiger partial charge in [-0.05, 0) is 111 Å². The van der Waals surface area contributed by atoms with Gasteiger partial charge in [0, 0.05) is 40.1 Å². The average molecular weight is 827 g/mol. The van der Waals surface area contributed by atoms with Gasteiger partial charge in [-0.2, -0.15) is 0 Å². The van der Waals surface area contributed by atoms with E-state index in [4.69, 9.17) is 5.14 Å². The molecular weight excluding hydrogens is 791 g/mol. The number of carbonyl (C=O) groups is 3. The van der Waals surface area contributed by atoms with Crippen LogP contribution in [0.5, 0.6) is 0 Å². The van der Waals surface area contributed by atoms with Crippen LogP contribution in [0.2, 0.25) is 0 Å². The number of nitrogens with zero attached hydrogens (tertiary/aromatic N) is 2. The van der Waals surface area contributed by atoms with Gasteiger partial charge in [-0.3, -0.25) is 14.4 Å². The van der Waals surface area contributed by atoms with Crippen molar-refractivity contribution in [1.82, 2.24) is 13.9 Å². The minimum atomic E-state index is -4.08. The number of halogens is 2. The second kappa shape index (κ2) is 16.8. The minimum Gasteiger partial charge on any atom is -0.335 e. The molecule has 3 amide bonds. The highest BCUT2D eigenvalue weighted by molar-refractivity contribution is 7.90. The molecule has 0 aliphatic carbocycles. The first kappa shape index (κ1) is 41.0. The second-order valence-electron chi connectivity index (χ2n) is 13.0. The molecule has 2 atom stereocenters. The van der Waals surface area contributed by atoms with E-state index in [2.05, 4.69) is 10.6 Å². The summed E-state index contributed by atoms with van der Waals surface area (Å²) in [5.41, 5.74) is 2.24. The van der Waals surface area contributed by atoms with E-state index in [1.165, 1.54) is 72.8 Å². The summed E-state index contributed by atoms with van der Waals surface area (Å²) >= 11 is 0. The van der Waals surface area contributed by atoms with Crippen molar-refractivity contribution in [1.29, 1.82) is 0 Å². The fourth-order valence-corrected chi connectivity index (χ4v) is 7.49. The molecule has 7 rings (SSSR count). The Balaban J connectivity index is 0.000000203. The first-order chi connectivity index (χ1) is 27.5. The molecule has 0 aliphatic rings. The second-order valence-corrected chi connectivity index (χ2v) is 16.3. The quantitative estimate of drug-likeness (QED) is 0.118. The lowest BCUT2D eigenvalue weighted by Gasteiger charge is -2.16. The van der Waals surface area contributed by atoms with Crippen LogP contribution in [-0.2, 0) is 29.6 Å². The van der Waals surface area contributed by atoms with Gasteiger partial charge in [0.25, 0.3) is 15.9 Å². The van der Waals surface area contributed by atoms with E-state index >= 15 is 0 Å². The van der Waals surface area contributed by atoms with Crippen molar-refractivity contribution < 1.29 is 40.0 Å². The van der Waals surface area contributed by atoms with E-state index < -0.39 is 38.0 Å². The third kappa shape index (κ3) is 9.12. The number of amides is 3. The molecule has 0 saturated carbocycles. The normalized spacial score (nSPS) is 12.6. The number of carbonyl (C=O) groups excluding carboxylic acids is 3. The maximum atomic E-state index is 13.9. The van der Waals surface area contributed by atoms with Crippen molar-refractivity contribution >= 4 is 70.9 Å². The van der Waals surface area contributed by atoms with Gasteiger partial charge in [-0.1, -0.05) is 30.3 Å². The van der Waals surface area contributed by atoms with E-state index in [9.17, 15) is 40.0 Å². The summed E-state index contributed by atoms with van der Waals surface area (Å²) in [6.45, 7) is 3.37. The van der Waals surface area contributed by atoms with Crippen LogP contribution in [0.3, 0.4) is 0 Å². The summed E-state index contributed by atoms with van der Waals surface area (Å²) in [5.74, 6) is -2.12. The van der Waals surface area contributed by atoms with Crippen LogP contribution in [0.4, 0.5) is 20.2 Å². The Morgan fingerprint density at radius 1 is 0.569 bits per heavy atom. The summed E-state index contributed by atoms with van der Waals surface area (Å²) in [6, 6.07) is 30.3. The van der Waals surface area contributed by atoms with Crippen molar-refractivity contribution in [2.75, 3.05) is 10.6 Å². The standard InChI is InChI=1S/C24H20FN3O4S.C17H16FN3O3S/c1-16(28-15-14-20-21(25)8-5-9-22(20)28)23(29)26-18-10-12-19(13-11-18)33(31,32)27-24(30)17-6-3-2-4-7-17;1-11(21-10-9-14-15(18)3-2-4-16(14)21)17(22)20-12-5-7-13(8-6-12)25(19,23)24/h2-16H,1H3,(H,26,29)(H,27,30);2-11H,1H3,(H,20,22)(H2,19,23,24)/t16-;11-/m11/s1. The zero-order valence-electron chi connectivity index (χ0n) is 30.8. The van der Waals surface area contributed by atoms with Crippen LogP contribution in [-0.4, -0.2) is 43.7 Å². The number of primary sulfonamides is 1. The molecule has 5 aromatic carbocycles. The molecule has 58 heavy (non-hydrogen) atoms. The van der Waals surface area contributed by atoms with Crippen molar-refractivity contribution in [2.45, 2.75) is 35.7 Å². The lowest BCUT2D eigenvalue weighted by atomic mass is 10.2. The molecule has 0 saturated heterocycles.